The predicted octanol–water partition coefficient (Wildman–Crippen LogP) is 2.22. The normalized spacial score (nSPS) is 10.6. The molecule has 0 radical (unpaired) electrons. The SMILES string of the molecule is Nc1cc(=O)n(Cc2ccc(Br)c(Cl)c2)[nH]1. The first-order chi connectivity index (χ1) is 7.56. The third-order valence-corrected chi connectivity index (χ3v) is 3.37. The highest BCUT2D eigenvalue weighted by Gasteiger charge is 2.03. The molecule has 84 valence electrons. The molecule has 0 atom stereocenters. The summed E-state index contributed by atoms with van der Waals surface area (Å²) in [5.41, 5.74) is 6.25. The molecule has 1 aromatic carbocycles. The van der Waals surface area contributed by atoms with Crippen LogP contribution in [0.3, 0.4) is 0 Å². The Hall–Kier alpha value is -1.20. The molecule has 0 fully saturated rings. The zero-order valence-electron chi connectivity index (χ0n) is 8.21. The van der Waals surface area contributed by atoms with Gasteiger partial charge in [-0.2, -0.15) is 0 Å². The lowest BCUT2D eigenvalue weighted by Crippen LogP contribution is -2.16. The van der Waals surface area contributed by atoms with Crippen molar-refractivity contribution in [2.75, 3.05) is 5.73 Å². The minimum absolute atomic E-state index is 0.156. The van der Waals surface area contributed by atoms with E-state index in [4.69, 9.17) is 17.3 Å². The van der Waals surface area contributed by atoms with Crippen molar-refractivity contribution in [1.29, 1.82) is 0 Å². The number of benzene rings is 1. The van der Waals surface area contributed by atoms with Crippen LogP contribution in [0.2, 0.25) is 5.02 Å². The van der Waals surface area contributed by atoms with Gasteiger partial charge >= 0.3 is 0 Å². The number of hydrogen-bond acceptors (Lipinski definition) is 2. The second kappa shape index (κ2) is 4.35. The lowest BCUT2D eigenvalue weighted by atomic mass is 10.2. The summed E-state index contributed by atoms with van der Waals surface area (Å²) in [5.74, 6) is 0.355. The van der Waals surface area contributed by atoms with Crippen molar-refractivity contribution in [3.63, 3.8) is 0 Å². The Kier molecular flexibility index (Phi) is 3.07. The van der Waals surface area contributed by atoms with Gasteiger partial charge in [-0.3, -0.25) is 9.89 Å². The summed E-state index contributed by atoms with van der Waals surface area (Å²) in [5, 5.41) is 3.37. The van der Waals surface area contributed by atoms with Crippen LogP contribution in [0.5, 0.6) is 0 Å². The van der Waals surface area contributed by atoms with E-state index in [-0.39, 0.29) is 5.56 Å². The number of rotatable bonds is 2. The lowest BCUT2D eigenvalue weighted by Gasteiger charge is -2.03. The highest BCUT2D eigenvalue weighted by molar-refractivity contribution is 9.10. The molecule has 16 heavy (non-hydrogen) atoms. The molecule has 0 bridgehead atoms. The molecule has 2 rings (SSSR count). The molecule has 3 N–H and O–H groups in total. The molecule has 4 nitrogen and oxygen atoms in total. The van der Waals surface area contributed by atoms with Crippen LogP contribution in [0.25, 0.3) is 0 Å². The quantitative estimate of drug-likeness (QED) is 0.893. The highest BCUT2D eigenvalue weighted by atomic mass is 79.9. The van der Waals surface area contributed by atoms with E-state index in [1.807, 2.05) is 12.1 Å². The van der Waals surface area contributed by atoms with Crippen LogP contribution >= 0.6 is 27.5 Å². The molecule has 0 unspecified atom stereocenters. The Bertz CT molecular complexity index is 576. The maximum Gasteiger partial charge on any atom is 0.268 e. The largest absolute Gasteiger partial charge is 0.384 e. The summed E-state index contributed by atoms with van der Waals surface area (Å²) in [6.07, 6.45) is 0. The van der Waals surface area contributed by atoms with Gasteiger partial charge in [-0.05, 0) is 33.6 Å². The van der Waals surface area contributed by atoms with Gasteiger partial charge in [0.15, 0.2) is 0 Å². The fourth-order valence-electron chi connectivity index (χ4n) is 1.39. The van der Waals surface area contributed by atoms with Gasteiger partial charge in [0.25, 0.3) is 5.56 Å². The van der Waals surface area contributed by atoms with E-state index >= 15 is 0 Å². The van der Waals surface area contributed by atoms with Crippen molar-refractivity contribution in [2.45, 2.75) is 6.54 Å². The first-order valence-corrected chi connectivity index (χ1v) is 5.72. The number of aromatic amines is 1. The summed E-state index contributed by atoms with van der Waals surface area (Å²) >= 11 is 9.26. The van der Waals surface area contributed by atoms with E-state index in [0.29, 0.717) is 17.4 Å². The van der Waals surface area contributed by atoms with Crippen molar-refractivity contribution in [3.8, 4) is 0 Å². The third kappa shape index (κ3) is 2.31. The van der Waals surface area contributed by atoms with Crippen LogP contribution in [0, 0.1) is 0 Å². The van der Waals surface area contributed by atoms with Crippen molar-refractivity contribution < 1.29 is 0 Å². The van der Waals surface area contributed by atoms with Crippen molar-refractivity contribution in [1.82, 2.24) is 9.78 Å². The van der Waals surface area contributed by atoms with Gasteiger partial charge in [-0.15, -0.1) is 0 Å². The van der Waals surface area contributed by atoms with Crippen LogP contribution in [0.4, 0.5) is 5.82 Å². The van der Waals surface area contributed by atoms with Gasteiger partial charge in [0, 0.05) is 10.5 Å². The monoisotopic (exact) mass is 301 g/mol. The van der Waals surface area contributed by atoms with Crippen LogP contribution in [0.15, 0.2) is 33.5 Å². The number of anilines is 1. The predicted molar refractivity (Wildman–Crippen MR) is 67.7 cm³/mol. The van der Waals surface area contributed by atoms with Crippen LogP contribution in [-0.2, 0) is 6.54 Å². The third-order valence-electron chi connectivity index (χ3n) is 2.13. The molecule has 1 aromatic heterocycles. The number of H-pyrrole nitrogens is 1. The second-order valence-electron chi connectivity index (χ2n) is 3.38. The van der Waals surface area contributed by atoms with Crippen molar-refractivity contribution >= 4 is 33.3 Å². The van der Waals surface area contributed by atoms with E-state index in [2.05, 4.69) is 21.0 Å². The van der Waals surface area contributed by atoms with E-state index in [1.165, 1.54) is 10.7 Å². The number of hydrogen-bond donors (Lipinski definition) is 2. The van der Waals surface area contributed by atoms with Gasteiger partial charge in [0.05, 0.1) is 11.6 Å². The number of nitrogens with two attached hydrogens (primary N) is 1. The van der Waals surface area contributed by atoms with Crippen LogP contribution in [-0.4, -0.2) is 9.78 Å². The number of halogens is 2. The number of nitrogens with zero attached hydrogens (tertiary/aromatic N) is 1. The second-order valence-corrected chi connectivity index (χ2v) is 4.65. The molecule has 2 aromatic rings. The average molecular weight is 303 g/mol. The van der Waals surface area contributed by atoms with Crippen molar-refractivity contribution in [3.05, 3.63) is 49.7 Å². The number of nitrogens with one attached hydrogen (secondary N) is 1. The van der Waals surface area contributed by atoms with Gasteiger partial charge in [-0.25, -0.2) is 4.68 Å². The molecular formula is C10H9BrClN3O. The highest BCUT2D eigenvalue weighted by Crippen LogP contribution is 2.23. The summed E-state index contributed by atoms with van der Waals surface area (Å²) in [4.78, 5) is 11.4. The smallest absolute Gasteiger partial charge is 0.268 e. The first-order valence-electron chi connectivity index (χ1n) is 4.55. The topological polar surface area (TPSA) is 63.8 Å². The Morgan fingerprint density at radius 3 is 2.75 bits per heavy atom. The van der Waals surface area contributed by atoms with E-state index in [1.54, 1.807) is 6.07 Å². The Balaban J connectivity index is 2.30. The van der Waals surface area contributed by atoms with E-state index < -0.39 is 0 Å². The molecule has 0 spiro atoms. The summed E-state index contributed by atoms with van der Waals surface area (Å²) < 4.78 is 2.26. The fraction of sp³-hybridized carbons (Fsp3) is 0.100. The minimum atomic E-state index is -0.156. The molecule has 0 aliphatic rings. The van der Waals surface area contributed by atoms with Gasteiger partial charge < -0.3 is 5.73 Å². The number of nitrogen functional groups attached to an aromatic ring is 1. The Morgan fingerprint density at radius 1 is 1.44 bits per heavy atom. The molecule has 0 aliphatic heterocycles. The maximum atomic E-state index is 11.4. The van der Waals surface area contributed by atoms with E-state index in [0.717, 1.165) is 10.0 Å². The molecule has 0 amide bonds. The van der Waals surface area contributed by atoms with Crippen LogP contribution in [0.1, 0.15) is 5.56 Å². The summed E-state index contributed by atoms with van der Waals surface area (Å²) in [6, 6.07) is 6.88. The summed E-state index contributed by atoms with van der Waals surface area (Å²) in [6.45, 7) is 0.420. The van der Waals surface area contributed by atoms with Gasteiger partial charge in [0.2, 0.25) is 0 Å². The van der Waals surface area contributed by atoms with E-state index in [9.17, 15) is 4.79 Å². The number of aromatic nitrogens is 2. The fourth-order valence-corrected chi connectivity index (χ4v) is 1.84. The summed E-state index contributed by atoms with van der Waals surface area (Å²) in [7, 11) is 0. The maximum absolute atomic E-state index is 11.4. The molecule has 0 aliphatic carbocycles. The Morgan fingerprint density at radius 2 is 2.19 bits per heavy atom. The standard InChI is InChI=1S/C10H9BrClN3O/c11-7-2-1-6(3-8(7)12)5-15-10(16)4-9(13)14-15/h1-4,14H,5,13H2. The molecule has 0 saturated heterocycles. The van der Waals surface area contributed by atoms with Crippen molar-refractivity contribution in [2.24, 2.45) is 0 Å². The first kappa shape index (κ1) is 11.3. The zero-order valence-corrected chi connectivity index (χ0v) is 10.5. The average Bonchev–Trinajstić information content (AvgIpc) is 2.51. The lowest BCUT2D eigenvalue weighted by molar-refractivity contribution is 0.667. The minimum Gasteiger partial charge on any atom is -0.384 e. The molecule has 6 heteroatoms. The molecule has 0 saturated carbocycles. The zero-order chi connectivity index (χ0) is 11.7. The molecular weight excluding hydrogens is 293 g/mol. The van der Waals surface area contributed by atoms with Gasteiger partial charge in [-0.1, -0.05) is 17.7 Å². The molecule has 1 heterocycles. The van der Waals surface area contributed by atoms with Crippen LogP contribution < -0.4 is 11.3 Å². The van der Waals surface area contributed by atoms with Gasteiger partial charge in [0.1, 0.15) is 5.82 Å². The Labute approximate surface area is 105 Å².